The van der Waals surface area contributed by atoms with Crippen molar-refractivity contribution in [1.29, 1.82) is 0 Å². The molecule has 0 spiro atoms. The second kappa shape index (κ2) is 10.0. The van der Waals surface area contributed by atoms with E-state index in [0.717, 1.165) is 38.5 Å². The van der Waals surface area contributed by atoms with E-state index in [4.69, 9.17) is 0 Å². The van der Waals surface area contributed by atoms with Crippen LogP contribution in [0.15, 0.2) is 54.6 Å². The first-order valence-corrected chi connectivity index (χ1v) is 11.3. The third-order valence-corrected chi connectivity index (χ3v) is 6.53. The molecule has 0 aliphatic heterocycles. The molecule has 1 unspecified atom stereocenters. The van der Waals surface area contributed by atoms with Crippen LogP contribution in [-0.4, -0.2) is 11.2 Å². The quantitative estimate of drug-likeness (QED) is 0.411. The maximum atomic E-state index is 10.1. The lowest BCUT2D eigenvalue weighted by molar-refractivity contribution is 0.152. The van der Waals surface area contributed by atoms with Gasteiger partial charge in [0, 0.05) is 16.2 Å². The predicted molar refractivity (Wildman–Crippen MR) is 122 cm³/mol. The highest BCUT2D eigenvalue weighted by Gasteiger charge is 2.09. The van der Waals surface area contributed by atoms with E-state index in [1.807, 2.05) is 11.3 Å². The van der Waals surface area contributed by atoms with Crippen molar-refractivity contribution in [1.82, 2.24) is 0 Å². The summed E-state index contributed by atoms with van der Waals surface area (Å²) >= 11 is 1.89. The van der Waals surface area contributed by atoms with E-state index in [2.05, 4.69) is 75.4 Å². The van der Waals surface area contributed by atoms with Crippen LogP contribution >= 0.6 is 11.3 Å². The molecular weight excluding hydrogens is 360 g/mol. The predicted octanol–water partition coefficient (Wildman–Crippen LogP) is 7.11. The van der Waals surface area contributed by atoms with Gasteiger partial charge in [-0.1, -0.05) is 67.8 Å². The van der Waals surface area contributed by atoms with Gasteiger partial charge in [-0.3, -0.25) is 0 Å². The monoisotopic (exact) mass is 392 g/mol. The molecule has 1 heterocycles. The van der Waals surface area contributed by atoms with Crippen LogP contribution in [-0.2, 0) is 12.8 Å². The fraction of sp³-hybridized carbons (Fsp3) is 0.385. The molecule has 1 aromatic heterocycles. The van der Waals surface area contributed by atoms with Gasteiger partial charge in [-0.2, -0.15) is 0 Å². The normalized spacial score (nSPS) is 12.3. The van der Waals surface area contributed by atoms with Crippen molar-refractivity contribution in [2.24, 2.45) is 0 Å². The Morgan fingerprint density at radius 2 is 1.82 bits per heavy atom. The number of hydrogen-bond acceptors (Lipinski definition) is 2. The molecule has 0 radical (unpaired) electrons. The van der Waals surface area contributed by atoms with E-state index >= 15 is 0 Å². The zero-order valence-electron chi connectivity index (χ0n) is 17.4. The fourth-order valence-corrected chi connectivity index (χ4v) is 4.63. The molecule has 0 aliphatic carbocycles. The summed E-state index contributed by atoms with van der Waals surface area (Å²) in [6.07, 6.45) is 5.81. The lowest BCUT2D eigenvalue weighted by Crippen LogP contribution is -2.07. The van der Waals surface area contributed by atoms with Crippen molar-refractivity contribution in [2.45, 2.75) is 65.4 Å². The Labute approximate surface area is 174 Å². The smallest absolute Gasteiger partial charge is 0.0543 e. The van der Waals surface area contributed by atoms with E-state index in [0.29, 0.717) is 0 Å². The molecule has 0 saturated carbocycles. The van der Waals surface area contributed by atoms with Crippen molar-refractivity contribution in [3.63, 3.8) is 0 Å². The first-order chi connectivity index (χ1) is 13.5. The molecule has 3 rings (SSSR count). The van der Waals surface area contributed by atoms with Gasteiger partial charge in [-0.05, 0) is 67.5 Å². The van der Waals surface area contributed by atoms with E-state index in [1.165, 1.54) is 37.6 Å². The molecule has 148 valence electrons. The molecule has 0 aliphatic rings. The van der Waals surface area contributed by atoms with Crippen LogP contribution in [0.2, 0.25) is 0 Å². The van der Waals surface area contributed by atoms with Crippen molar-refractivity contribution in [2.75, 3.05) is 0 Å². The third kappa shape index (κ3) is 5.80. The van der Waals surface area contributed by atoms with Crippen LogP contribution in [0.3, 0.4) is 0 Å². The molecule has 0 amide bonds. The largest absolute Gasteiger partial charge is 0.393 e. The van der Waals surface area contributed by atoms with Crippen molar-refractivity contribution in [3.05, 3.63) is 81.7 Å². The lowest BCUT2D eigenvalue weighted by atomic mass is 9.97. The molecule has 2 heteroatoms. The molecular formula is C26H32OS. The summed E-state index contributed by atoms with van der Waals surface area (Å²) in [5.74, 6) is 0. The zero-order valence-corrected chi connectivity index (χ0v) is 18.2. The first kappa shape index (κ1) is 20.8. The van der Waals surface area contributed by atoms with Gasteiger partial charge in [-0.25, -0.2) is 0 Å². The van der Waals surface area contributed by atoms with Crippen LogP contribution in [0.4, 0.5) is 0 Å². The highest BCUT2D eigenvalue weighted by Crippen LogP contribution is 2.30. The molecule has 0 saturated heterocycles. The standard InChI is InChI=1S/C26H32OS/c1-4-5-9-24(27)13-12-21-11-10-20(3)23(17-21)18-25-14-15-26(28-25)22-8-6-7-19(2)16-22/h6-8,10-11,14-17,24,27H,4-5,9,12-13,18H2,1-3H3. The maximum absolute atomic E-state index is 10.1. The number of aliphatic hydroxyl groups is 1. The van der Waals surface area contributed by atoms with Gasteiger partial charge in [0.05, 0.1) is 6.10 Å². The highest BCUT2D eigenvalue weighted by atomic mass is 32.1. The van der Waals surface area contributed by atoms with E-state index in [9.17, 15) is 5.11 Å². The van der Waals surface area contributed by atoms with Gasteiger partial charge < -0.3 is 5.11 Å². The Bertz CT molecular complexity index is 893. The first-order valence-electron chi connectivity index (χ1n) is 10.5. The third-order valence-electron chi connectivity index (χ3n) is 5.40. The average Bonchev–Trinajstić information content (AvgIpc) is 3.15. The zero-order chi connectivity index (χ0) is 19.9. The molecule has 1 nitrogen and oxygen atoms in total. The summed E-state index contributed by atoms with van der Waals surface area (Å²) in [5.41, 5.74) is 6.70. The van der Waals surface area contributed by atoms with Crippen molar-refractivity contribution >= 4 is 11.3 Å². The number of aliphatic hydroxyl groups excluding tert-OH is 1. The number of unbranched alkanes of at least 4 members (excludes halogenated alkanes) is 1. The summed E-state index contributed by atoms with van der Waals surface area (Å²) in [6.45, 7) is 6.52. The molecule has 3 aromatic rings. The van der Waals surface area contributed by atoms with Gasteiger partial charge in [0.25, 0.3) is 0 Å². The second-order valence-corrected chi connectivity index (χ2v) is 9.08. The maximum Gasteiger partial charge on any atom is 0.0543 e. The Morgan fingerprint density at radius 1 is 0.964 bits per heavy atom. The molecule has 0 bridgehead atoms. The molecule has 1 atom stereocenters. The Balaban J connectivity index is 1.67. The van der Waals surface area contributed by atoms with Gasteiger partial charge in [0.1, 0.15) is 0 Å². The van der Waals surface area contributed by atoms with Gasteiger partial charge in [0.2, 0.25) is 0 Å². The Morgan fingerprint density at radius 3 is 2.61 bits per heavy atom. The van der Waals surface area contributed by atoms with E-state index in [-0.39, 0.29) is 6.10 Å². The summed E-state index contributed by atoms with van der Waals surface area (Å²) in [5, 5.41) is 10.1. The molecule has 0 fully saturated rings. The number of hydrogen-bond donors (Lipinski definition) is 1. The summed E-state index contributed by atoms with van der Waals surface area (Å²) < 4.78 is 0. The van der Waals surface area contributed by atoms with Crippen LogP contribution in [0, 0.1) is 13.8 Å². The van der Waals surface area contributed by atoms with Crippen molar-refractivity contribution in [3.8, 4) is 10.4 Å². The number of aryl methyl sites for hydroxylation is 3. The summed E-state index contributed by atoms with van der Waals surface area (Å²) in [7, 11) is 0. The fourth-order valence-electron chi connectivity index (χ4n) is 3.60. The summed E-state index contributed by atoms with van der Waals surface area (Å²) in [6, 6.07) is 20.0. The Hall–Kier alpha value is -1.90. The average molecular weight is 393 g/mol. The SMILES string of the molecule is CCCCC(O)CCc1ccc(C)c(Cc2ccc(-c3cccc(C)c3)s2)c1. The van der Waals surface area contributed by atoms with E-state index < -0.39 is 0 Å². The van der Waals surface area contributed by atoms with Gasteiger partial charge in [0.15, 0.2) is 0 Å². The Kier molecular flexibility index (Phi) is 7.47. The number of rotatable bonds is 9. The minimum atomic E-state index is -0.168. The molecule has 1 N–H and O–H groups in total. The minimum absolute atomic E-state index is 0.168. The van der Waals surface area contributed by atoms with Crippen LogP contribution < -0.4 is 0 Å². The summed E-state index contributed by atoms with van der Waals surface area (Å²) in [4.78, 5) is 2.74. The molecule has 28 heavy (non-hydrogen) atoms. The minimum Gasteiger partial charge on any atom is -0.393 e. The lowest BCUT2D eigenvalue weighted by Gasteiger charge is -2.12. The highest BCUT2D eigenvalue weighted by molar-refractivity contribution is 7.15. The van der Waals surface area contributed by atoms with Crippen LogP contribution in [0.25, 0.3) is 10.4 Å². The van der Waals surface area contributed by atoms with E-state index in [1.54, 1.807) is 0 Å². The van der Waals surface area contributed by atoms with Crippen LogP contribution in [0.5, 0.6) is 0 Å². The number of benzene rings is 2. The van der Waals surface area contributed by atoms with Crippen LogP contribution in [0.1, 0.15) is 59.7 Å². The molecule has 2 aromatic carbocycles. The van der Waals surface area contributed by atoms with Crippen molar-refractivity contribution < 1.29 is 5.11 Å². The number of thiophene rings is 1. The topological polar surface area (TPSA) is 20.2 Å². The van der Waals surface area contributed by atoms with Gasteiger partial charge >= 0.3 is 0 Å². The second-order valence-electron chi connectivity index (χ2n) is 7.91. The van der Waals surface area contributed by atoms with Gasteiger partial charge in [-0.15, -0.1) is 11.3 Å².